The van der Waals surface area contributed by atoms with Crippen LogP contribution < -0.4 is 10.2 Å². The lowest BCUT2D eigenvalue weighted by Gasteiger charge is -2.28. The van der Waals surface area contributed by atoms with E-state index in [1.807, 2.05) is 59.3 Å². The largest absolute Gasteiger partial charge is 0.378 e. The number of carbonyl (C=O) groups is 1. The molecule has 162 valence electrons. The van der Waals surface area contributed by atoms with Crippen molar-refractivity contribution in [2.45, 2.75) is 13.1 Å². The molecule has 0 bridgehead atoms. The SMILES string of the molecule is O=C(Cn1cc(-c2ccccc2)c2ncnc(N3CCOCC3)c21)NCc1ccccc1. The van der Waals surface area contributed by atoms with Gasteiger partial charge in [0.15, 0.2) is 5.82 Å². The van der Waals surface area contributed by atoms with Crippen LogP contribution >= 0.6 is 0 Å². The molecule has 3 heterocycles. The maximum Gasteiger partial charge on any atom is 0.240 e. The second-order valence-corrected chi connectivity index (χ2v) is 7.79. The molecule has 1 amide bonds. The van der Waals surface area contributed by atoms with Crippen molar-refractivity contribution in [2.75, 3.05) is 31.2 Å². The van der Waals surface area contributed by atoms with E-state index in [2.05, 4.69) is 32.3 Å². The van der Waals surface area contributed by atoms with Gasteiger partial charge in [-0.3, -0.25) is 4.79 Å². The van der Waals surface area contributed by atoms with E-state index in [9.17, 15) is 4.79 Å². The zero-order valence-corrected chi connectivity index (χ0v) is 17.8. The van der Waals surface area contributed by atoms with Crippen LogP contribution in [0.15, 0.2) is 73.2 Å². The number of anilines is 1. The number of hydrogen-bond donors (Lipinski definition) is 1. The highest BCUT2D eigenvalue weighted by atomic mass is 16.5. The number of nitrogens with one attached hydrogen (secondary N) is 1. The summed E-state index contributed by atoms with van der Waals surface area (Å²) in [5.41, 5.74) is 4.85. The molecule has 0 aliphatic carbocycles. The molecule has 1 saturated heterocycles. The van der Waals surface area contributed by atoms with Crippen molar-refractivity contribution in [1.82, 2.24) is 19.9 Å². The molecular weight excluding hydrogens is 402 g/mol. The van der Waals surface area contributed by atoms with Gasteiger partial charge in [0.25, 0.3) is 0 Å². The number of ether oxygens (including phenoxy) is 1. The lowest BCUT2D eigenvalue weighted by molar-refractivity contribution is -0.121. The fourth-order valence-electron chi connectivity index (χ4n) is 4.08. The van der Waals surface area contributed by atoms with Crippen molar-refractivity contribution < 1.29 is 9.53 Å². The fourth-order valence-corrected chi connectivity index (χ4v) is 4.08. The summed E-state index contributed by atoms with van der Waals surface area (Å²) in [6.45, 7) is 3.54. The van der Waals surface area contributed by atoms with E-state index in [-0.39, 0.29) is 12.5 Å². The lowest BCUT2D eigenvalue weighted by atomic mass is 10.1. The average molecular weight is 428 g/mol. The minimum atomic E-state index is -0.0536. The molecule has 7 nitrogen and oxygen atoms in total. The molecule has 32 heavy (non-hydrogen) atoms. The smallest absolute Gasteiger partial charge is 0.240 e. The van der Waals surface area contributed by atoms with Crippen LogP contribution in [0.4, 0.5) is 5.82 Å². The third-order valence-electron chi connectivity index (χ3n) is 5.67. The Morgan fingerprint density at radius 2 is 1.69 bits per heavy atom. The number of hydrogen-bond acceptors (Lipinski definition) is 5. The zero-order valence-electron chi connectivity index (χ0n) is 17.8. The van der Waals surface area contributed by atoms with Crippen LogP contribution in [-0.4, -0.2) is 46.7 Å². The van der Waals surface area contributed by atoms with E-state index in [0.29, 0.717) is 19.8 Å². The summed E-state index contributed by atoms with van der Waals surface area (Å²) in [5, 5.41) is 3.03. The number of morpholine rings is 1. The molecule has 0 radical (unpaired) electrons. The number of benzene rings is 2. The van der Waals surface area contributed by atoms with Crippen LogP contribution in [0.5, 0.6) is 0 Å². The Morgan fingerprint density at radius 3 is 2.44 bits per heavy atom. The van der Waals surface area contributed by atoms with Gasteiger partial charge in [-0.2, -0.15) is 0 Å². The van der Waals surface area contributed by atoms with Gasteiger partial charge in [-0.05, 0) is 11.1 Å². The summed E-state index contributed by atoms with van der Waals surface area (Å²) in [4.78, 5) is 24.3. The van der Waals surface area contributed by atoms with Gasteiger partial charge in [0.05, 0.1) is 13.2 Å². The number of aromatic nitrogens is 3. The van der Waals surface area contributed by atoms with Crippen LogP contribution in [0.3, 0.4) is 0 Å². The molecule has 4 aromatic rings. The maximum absolute atomic E-state index is 12.9. The summed E-state index contributed by atoms with van der Waals surface area (Å²) in [6, 6.07) is 20.1. The van der Waals surface area contributed by atoms with Gasteiger partial charge < -0.3 is 19.5 Å². The predicted molar refractivity (Wildman–Crippen MR) is 124 cm³/mol. The second kappa shape index (κ2) is 9.20. The molecular formula is C25H25N5O2. The van der Waals surface area contributed by atoms with Crippen molar-refractivity contribution in [1.29, 1.82) is 0 Å². The maximum atomic E-state index is 12.9. The van der Waals surface area contributed by atoms with E-state index in [1.54, 1.807) is 6.33 Å². The van der Waals surface area contributed by atoms with Gasteiger partial charge in [-0.1, -0.05) is 60.7 Å². The highest BCUT2D eigenvalue weighted by Crippen LogP contribution is 2.33. The third kappa shape index (κ3) is 4.20. The summed E-state index contributed by atoms with van der Waals surface area (Å²) < 4.78 is 7.50. The molecule has 1 N–H and O–H groups in total. The van der Waals surface area contributed by atoms with Gasteiger partial charge in [-0.15, -0.1) is 0 Å². The molecule has 1 fully saturated rings. The van der Waals surface area contributed by atoms with E-state index >= 15 is 0 Å². The van der Waals surface area contributed by atoms with E-state index in [4.69, 9.17) is 4.74 Å². The number of amides is 1. The average Bonchev–Trinajstić information content (AvgIpc) is 3.23. The van der Waals surface area contributed by atoms with Gasteiger partial charge in [0.1, 0.15) is 23.9 Å². The molecule has 0 atom stereocenters. The van der Waals surface area contributed by atoms with Gasteiger partial charge in [-0.25, -0.2) is 9.97 Å². The highest BCUT2D eigenvalue weighted by Gasteiger charge is 2.22. The molecule has 0 spiro atoms. The highest BCUT2D eigenvalue weighted by molar-refractivity contribution is 5.99. The predicted octanol–water partition coefficient (Wildman–Crippen LogP) is 3.25. The fraction of sp³-hybridized carbons (Fsp3) is 0.240. The van der Waals surface area contributed by atoms with Gasteiger partial charge >= 0.3 is 0 Å². The Kier molecular flexibility index (Phi) is 5.81. The summed E-state index contributed by atoms with van der Waals surface area (Å²) >= 11 is 0. The van der Waals surface area contributed by atoms with Crippen molar-refractivity contribution in [3.05, 3.63) is 78.8 Å². The second-order valence-electron chi connectivity index (χ2n) is 7.79. The molecule has 0 unspecified atom stereocenters. The van der Waals surface area contributed by atoms with Crippen molar-refractivity contribution >= 4 is 22.8 Å². The Hall–Kier alpha value is -3.71. The van der Waals surface area contributed by atoms with Crippen molar-refractivity contribution in [3.63, 3.8) is 0 Å². The Morgan fingerprint density at radius 1 is 0.969 bits per heavy atom. The van der Waals surface area contributed by atoms with E-state index in [1.165, 1.54) is 0 Å². The molecule has 1 aliphatic rings. The van der Waals surface area contributed by atoms with Crippen LogP contribution in [-0.2, 0) is 22.6 Å². The standard InChI is InChI=1S/C25H25N5O2/c31-22(26-15-19-7-3-1-4-8-19)17-30-16-21(20-9-5-2-6-10-20)23-24(30)25(28-18-27-23)29-11-13-32-14-12-29/h1-10,16,18H,11-15,17H2,(H,26,31). The first kappa shape index (κ1) is 20.2. The lowest BCUT2D eigenvalue weighted by Crippen LogP contribution is -2.37. The zero-order chi connectivity index (χ0) is 21.8. The first-order valence-corrected chi connectivity index (χ1v) is 10.8. The monoisotopic (exact) mass is 427 g/mol. The van der Waals surface area contributed by atoms with Crippen LogP contribution in [0.2, 0.25) is 0 Å². The Balaban J connectivity index is 1.50. The first-order valence-electron chi connectivity index (χ1n) is 10.8. The quantitative estimate of drug-likeness (QED) is 0.511. The van der Waals surface area contributed by atoms with Crippen molar-refractivity contribution in [2.24, 2.45) is 0 Å². The normalized spacial score (nSPS) is 13.9. The van der Waals surface area contributed by atoms with Crippen LogP contribution in [0.25, 0.3) is 22.2 Å². The first-order chi connectivity index (χ1) is 15.8. The topological polar surface area (TPSA) is 72.3 Å². The summed E-state index contributed by atoms with van der Waals surface area (Å²) in [7, 11) is 0. The van der Waals surface area contributed by atoms with Crippen LogP contribution in [0, 0.1) is 0 Å². The van der Waals surface area contributed by atoms with E-state index < -0.39 is 0 Å². The van der Waals surface area contributed by atoms with Crippen molar-refractivity contribution in [3.8, 4) is 11.1 Å². The minimum Gasteiger partial charge on any atom is -0.378 e. The Labute approximate surface area is 186 Å². The number of rotatable bonds is 6. The number of nitrogens with zero attached hydrogens (tertiary/aromatic N) is 4. The number of carbonyl (C=O) groups excluding carboxylic acids is 1. The third-order valence-corrected chi connectivity index (χ3v) is 5.67. The minimum absolute atomic E-state index is 0.0536. The molecule has 2 aromatic carbocycles. The summed E-state index contributed by atoms with van der Waals surface area (Å²) in [5.74, 6) is 0.790. The molecule has 7 heteroatoms. The molecule has 2 aromatic heterocycles. The Bertz CT molecular complexity index is 1200. The van der Waals surface area contributed by atoms with Gasteiger partial charge in [0.2, 0.25) is 5.91 Å². The number of fused-ring (bicyclic) bond motifs is 1. The molecule has 1 aliphatic heterocycles. The molecule has 5 rings (SSSR count). The van der Waals surface area contributed by atoms with Crippen LogP contribution in [0.1, 0.15) is 5.56 Å². The summed E-state index contributed by atoms with van der Waals surface area (Å²) in [6.07, 6.45) is 3.63. The van der Waals surface area contributed by atoms with Gasteiger partial charge in [0, 0.05) is 31.4 Å². The van der Waals surface area contributed by atoms with E-state index in [0.717, 1.165) is 46.6 Å². The molecule has 0 saturated carbocycles.